The summed E-state index contributed by atoms with van der Waals surface area (Å²) in [5.74, 6) is 1.14. The molecule has 0 aliphatic rings. The molecule has 14 heavy (non-hydrogen) atoms. The van der Waals surface area contributed by atoms with Gasteiger partial charge in [0.25, 0.3) is 0 Å². The van der Waals surface area contributed by atoms with E-state index in [1.54, 1.807) is 0 Å². The summed E-state index contributed by atoms with van der Waals surface area (Å²) in [6.07, 6.45) is 6.72. The lowest BCUT2D eigenvalue weighted by molar-refractivity contribution is 1.16. The molecule has 0 atom stereocenters. The van der Waals surface area contributed by atoms with E-state index < -0.39 is 0 Å². The molecule has 76 valence electrons. The molecule has 0 aliphatic heterocycles. The van der Waals surface area contributed by atoms with Gasteiger partial charge >= 0.3 is 0 Å². The lowest BCUT2D eigenvalue weighted by Gasteiger charge is -1.98. The van der Waals surface area contributed by atoms with E-state index in [2.05, 4.69) is 31.2 Å². The first-order valence-corrected chi connectivity index (χ1v) is 6.22. The van der Waals surface area contributed by atoms with Crippen molar-refractivity contribution in [2.45, 2.75) is 24.7 Å². The number of thioether (sulfide) groups is 1. The van der Waals surface area contributed by atoms with Crippen molar-refractivity contribution in [2.75, 3.05) is 5.75 Å². The van der Waals surface area contributed by atoms with Crippen LogP contribution >= 0.6 is 23.4 Å². The summed E-state index contributed by atoms with van der Waals surface area (Å²) in [7, 11) is 0. The number of benzene rings is 1. The normalized spacial score (nSPS) is 11.0. The maximum absolute atomic E-state index is 5.79. The third-order valence-electron chi connectivity index (χ3n) is 1.77. The maximum Gasteiger partial charge on any atom is 0.0406 e. The van der Waals surface area contributed by atoms with Gasteiger partial charge in [-0.25, -0.2) is 0 Å². The first-order valence-electron chi connectivity index (χ1n) is 4.86. The molecule has 0 saturated heterocycles. The molecule has 0 N–H and O–H groups in total. The van der Waals surface area contributed by atoms with E-state index in [1.165, 1.54) is 4.90 Å². The Morgan fingerprint density at radius 2 is 1.93 bits per heavy atom. The zero-order valence-corrected chi connectivity index (χ0v) is 9.94. The van der Waals surface area contributed by atoms with Crippen LogP contribution < -0.4 is 0 Å². The van der Waals surface area contributed by atoms with Crippen LogP contribution in [0.4, 0.5) is 0 Å². The predicted molar refractivity (Wildman–Crippen MR) is 66.2 cm³/mol. The van der Waals surface area contributed by atoms with E-state index in [-0.39, 0.29) is 0 Å². The molecule has 0 saturated carbocycles. The van der Waals surface area contributed by atoms with Crippen molar-refractivity contribution in [3.05, 3.63) is 41.4 Å². The highest BCUT2D eigenvalue weighted by Crippen LogP contribution is 2.20. The van der Waals surface area contributed by atoms with Crippen molar-refractivity contribution in [1.82, 2.24) is 0 Å². The highest BCUT2D eigenvalue weighted by molar-refractivity contribution is 7.99. The number of hydrogen-bond donors (Lipinski definition) is 0. The summed E-state index contributed by atoms with van der Waals surface area (Å²) in [5.41, 5.74) is 0. The number of halogens is 1. The molecule has 0 heterocycles. The van der Waals surface area contributed by atoms with Gasteiger partial charge in [-0.15, -0.1) is 11.8 Å². The van der Waals surface area contributed by atoms with Crippen LogP contribution in [-0.4, -0.2) is 5.75 Å². The molecule has 0 fully saturated rings. The van der Waals surface area contributed by atoms with Crippen LogP contribution in [-0.2, 0) is 0 Å². The Labute approximate surface area is 95.4 Å². The minimum Gasteiger partial charge on any atom is -0.126 e. The molecular weight excluding hydrogens is 212 g/mol. The second kappa shape index (κ2) is 6.97. The van der Waals surface area contributed by atoms with E-state index in [9.17, 15) is 0 Å². The third-order valence-corrected chi connectivity index (χ3v) is 3.07. The molecule has 1 aromatic rings. The van der Waals surface area contributed by atoms with Crippen LogP contribution in [0.2, 0.25) is 5.02 Å². The van der Waals surface area contributed by atoms with Gasteiger partial charge in [0.15, 0.2) is 0 Å². The Morgan fingerprint density at radius 3 is 2.57 bits per heavy atom. The SMILES string of the molecule is CC/C=C/CCSc1ccc(Cl)cc1. The van der Waals surface area contributed by atoms with Gasteiger partial charge in [-0.2, -0.15) is 0 Å². The monoisotopic (exact) mass is 226 g/mol. The largest absolute Gasteiger partial charge is 0.126 e. The van der Waals surface area contributed by atoms with Gasteiger partial charge < -0.3 is 0 Å². The molecule has 0 bridgehead atoms. The molecule has 0 unspecified atom stereocenters. The van der Waals surface area contributed by atoms with Gasteiger partial charge in [0, 0.05) is 15.7 Å². The van der Waals surface area contributed by atoms with Crippen molar-refractivity contribution in [1.29, 1.82) is 0 Å². The highest BCUT2D eigenvalue weighted by atomic mass is 35.5. The zero-order valence-electron chi connectivity index (χ0n) is 8.37. The minimum atomic E-state index is 0.806. The van der Waals surface area contributed by atoms with Crippen LogP contribution in [0.1, 0.15) is 19.8 Å². The lowest BCUT2D eigenvalue weighted by atomic mass is 10.3. The molecule has 2 heteroatoms. The molecule has 1 rings (SSSR count). The van der Waals surface area contributed by atoms with Gasteiger partial charge in [-0.05, 0) is 37.1 Å². The fourth-order valence-corrected chi connectivity index (χ4v) is 2.00. The highest BCUT2D eigenvalue weighted by Gasteiger charge is 1.92. The van der Waals surface area contributed by atoms with E-state index in [0.717, 1.165) is 23.6 Å². The zero-order chi connectivity index (χ0) is 10.2. The smallest absolute Gasteiger partial charge is 0.0406 e. The summed E-state index contributed by atoms with van der Waals surface area (Å²) in [6.45, 7) is 2.16. The molecule has 0 amide bonds. The third kappa shape index (κ3) is 4.73. The number of hydrogen-bond acceptors (Lipinski definition) is 1. The second-order valence-electron chi connectivity index (χ2n) is 2.97. The Kier molecular flexibility index (Phi) is 5.81. The first kappa shape index (κ1) is 11.7. The first-order chi connectivity index (χ1) is 6.83. The molecule has 0 radical (unpaired) electrons. The molecular formula is C12H15ClS. The lowest BCUT2D eigenvalue weighted by Crippen LogP contribution is -1.76. The Hall–Kier alpha value is -0.400. The summed E-state index contributed by atoms with van der Waals surface area (Å²) >= 11 is 7.66. The average molecular weight is 227 g/mol. The minimum absolute atomic E-state index is 0.806. The number of allylic oxidation sites excluding steroid dienone is 2. The van der Waals surface area contributed by atoms with Crippen molar-refractivity contribution in [3.63, 3.8) is 0 Å². The standard InChI is InChI=1S/C12H15ClS/c1-2-3-4-5-10-14-12-8-6-11(13)7-9-12/h3-4,6-9H,2,5,10H2,1H3/b4-3+. The molecule has 0 aromatic heterocycles. The predicted octanol–water partition coefficient (Wildman–Crippen LogP) is 4.79. The summed E-state index contributed by atoms with van der Waals surface area (Å²) in [5, 5.41) is 0.806. The van der Waals surface area contributed by atoms with Crippen LogP contribution in [0.3, 0.4) is 0 Å². The van der Waals surface area contributed by atoms with E-state index in [1.807, 2.05) is 23.9 Å². The van der Waals surface area contributed by atoms with Crippen molar-refractivity contribution in [3.8, 4) is 0 Å². The molecule has 1 aromatic carbocycles. The number of rotatable bonds is 5. The van der Waals surface area contributed by atoms with Gasteiger partial charge in [0.2, 0.25) is 0 Å². The Morgan fingerprint density at radius 1 is 1.21 bits per heavy atom. The molecule has 0 nitrogen and oxygen atoms in total. The summed E-state index contributed by atoms with van der Waals surface area (Å²) < 4.78 is 0. The summed E-state index contributed by atoms with van der Waals surface area (Å²) in [4.78, 5) is 1.29. The average Bonchev–Trinajstić information content (AvgIpc) is 2.21. The fourth-order valence-electron chi connectivity index (χ4n) is 1.06. The Bertz CT molecular complexity index is 277. The quantitative estimate of drug-likeness (QED) is 0.395. The topological polar surface area (TPSA) is 0 Å². The fraction of sp³-hybridized carbons (Fsp3) is 0.333. The Balaban J connectivity index is 2.25. The van der Waals surface area contributed by atoms with Crippen molar-refractivity contribution in [2.24, 2.45) is 0 Å². The van der Waals surface area contributed by atoms with Crippen LogP contribution in [0, 0.1) is 0 Å². The molecule has 0 aliphatic carbocycles. The van der Waals surface area contributed by atoms with E-state index >= 15 is 0 Å². The molecule has 0 spiro atoms. The van der Waals surface area contributed by atoms with Gasteiger partial charge in [-0.3, -0.25) is 0 Å². The van der Waals surface area contributed by atoms with Gasteiger partial charge in [0.05, 0.1) is 0 Å². The second-order valence-corrected chi connectivity index (χ2v) is 4.58. The van der Waals surface area contributed by atoms with Crippen LogP contribution in [0.15, 0.2) is 41.3 Å². The van der Waals surface area contributed by atoms with Gasteiger partial charge in [-0.1, -0.05) is 30.7 Å². The maximum atomic E-state index is 5.79. The van der Waals surface area contributed by atoms with E-state index in [4.69, 9.17) is 11.6 Å². The van der Waals surface area contributed by atoms with Gasteiger partial charge in [0.1, 0.15) is 0 Å². The van der Waals surface area contributed by atoms with Crippen LogP contribution in [0.25, 0.3) is 0 Å². The van der Waals surface area contributed by atoms with E-state index in [0.29, 0.717) is 0 Å². The van der Waals surface area contributed by atoms with Crippen molar-refractivity contribution >= 4 is 23.4 Å². The summed E-state index contributed by atoms with van der Waals surface area (Å²) in [6, 6.07) is 8.00. The van der Waals surface area contributed by atoms with Crippen LogP contribution in [0.5, 0.6) is 0 Å². The van der Waals surface area contributed by atoms with Crippen molar-refractivity contribution < 1.29 is 0 Å².